The zero-order chi connectivity index (χ0) is 35.6. The average Bonchev–Trinajstić information content (AvgIpc) is 3.01. The highest BCUT2D eigenvalue weighted by molar-refractivity contribution is 5.97. The monoisotopic (exact) mass is 691 g/mol. The Labute approximate surface area is 271 Å². The van der Waals surface area contributed by atoms with Gasteiger partial charge in [-0.1, -0.05) is 6.92 Å². The SMILES string of the molecule is CCOC(=O)CC1CCC(C(=O)N2c3ccc(C(F)(F)F)cc3C(N(C#N)Cc3cc(C(F)(F)F)cc(C(F)(F)F)c3)CC2CC)CC1. The molecule has 48 heavy (non-hydrogen) atoms. The predicted octanol–water partition coefficient (Wildman–Crippen LogP) is 9.04. The molecule has 1 heterocycles. The Morgan fingerprint density at radius 3 is 1.96 bits per heavy atom. The lowest BCUT2D eigenvalue weighted by atomic mass is 9.79. The van der Waals surface area contributed by atoms with Gasteiger partial charge in [-0.3, -0.25) is 14.5 Å². The number of anilines is 1. The average molecular weight is 692 g/mol. The van der Waals surface area contributed by atoms with E-state index in [2.05, 4.69) is 0 Å². The van der Waals surface area contributed by atoms with Gasteiger partial charge in [0.15, 0.2) is 6.19 Å². The van der Waals surface area contributed by atoms with E-state index in [1.807, 2.05) is 0 Å². The van der Waals surface area contributed by atoms with Crippen LogP contribution in [0.1, 0.15) is 92.7 Å². The van der Waals surface area contributed by atoms with Crippen LogP contribution in [0.5, 0.6) is 0 Å². The molecule has 1 amide bonds. The molecule has 15 heteroatoms. The number of halogens is 9. The fourth-order valence-electron chi connectivity index (χ4n) is 6.64. The summed E-state index contributed by atoms with van der Waals surface area (Å²) in [5.74, 6) is -1.16. The molecule has 1 saturated carbocycles. The van der Waals surface area contributed by atoms with Gasteiger partial charge in [-0.15, -0.1) is 0 Å². The number of hydrogen-bond donors (Lipinski definition) is 0. The maximum Gasteiger partial charge on any atom is 0.416 e. The number of nitriles is 1. The maximum atomic E-state index is 14.0. The minimum Gasteiger partial charge on any atom is -0.466 e. The first-order chi connectivity index (χ1) is 22.4. The Hall–Kier alpha value is -3.96. The van der Waals surface area contributed by atoms with Gasteiger partial charge in [0.2, 0.25) is 5.91 Å². The first-order valence-corrected chi connectivity index (χ1v) is 15.5. The summed E-state index contributed by atoms with van der Waals surface area (Å²) >= 11 is 0. The number of ether oxygens (including phenoxy) is 1. The lowest BCUT2D eigenvalue weighted by Gasteiger charge is -2.45. The summed E-state index contributed by atoms with van der Waals surface area (Å²) in [6, 6.07) is 1.74. The molecule has 0 bridgehead atoms. The fraction of sp³-hybridized carbons (Fsp3) is 0.545. The van der Waals surface area contributed by atoms with Crippen molar-refractivity contribution < 1.29 is 53.8 Å². The van der Waals surface area contributed by atoms with Crippen LogP contribution in [0.2, 0.25) is 0 Å². The summed E-state index contributed by atoms with van der Waals surface area (Å²) < 4.78 is 128. The molecule has 6 nitrogen and oxygen atoms in total. The number of esters is 1. The van der Waals surface area contributed by atoms with E-state index in [1.165, 1.54) is 4.90 Å². The molecule has 0 radical (unpaired) electrons. The van der Waals surface area contributed by atoms with E-state index in [-0.39, 0.29) is 54.6 Å². The number of fused-ring (bicyclic) bond motifs is 1. The van der Waals surface area contributed by atoms with Crippen molar-refractivity contribution in [1.29, 1.82) is 5.26 Å². The van der Waals surface area contributed by atoms with E-state index in [0.29, 0.717) is 44.2 Å². The third-order valence-corrected chi connectivity index (χ3v) is 9.00. The lowest BCUT2D eigenvalue weighted by molar-refractivity contribution is -0.145. The van der Waals surface area contributed by atoms with E-state index in [1.54, 1.807) is 20.0 Å². The number of hydrogen-bond acceptors (Lipinski definition) is 5. The predicted molar refractivity (Wildman–Crippen MR) is 155 cm³/mol. The molecule has 4 rings (SSSR count). The third-order valence-electron chi connectivity index (χ3n) is 9.00. The van der Waals surface area contributed by atoms with Gasteiger partial charge in [-0.2, -0.15) is 44.8 Å². The van der Waals surface area contributed by atoms with Crippen molar-refractivity contribution >= 4 is 17.6 Å². The second-order valence-electron chi connectivity index (χ2n) is 12.2. The van der Waals surface area contributed by atoms with E-state index in [4.69, 9.17) is 4.74 Å². The van der Waals surface area contributed by atoms with Crippen LogP contribution in [0.4, 0.5) is 45.2 Å². The van der Waals surface area contributed by atoms with Gasteiger partial charge in [0.25, 0.3) is 0 Å². The Kier molecular flexibility index (Phi) is 11.0. The highest BCUT2D eigenvalue weighted by Gasteiger charge is 2.43. The topological polar surface area (TPSA) is 73.6 Å². The Balaban J connectivity index is 1.70. The summed E-state index contributed by atoms with van der Waals surface area (Å²) in [5, 5.41) is 10.1. The van der Waals surface area contributed by atoms with Gasteiger partial charge in [0.05, 0.1) is 35.9 Å². The quantitative estimate of drug-likeness (QED) is 0.120. The first kappa shape index (κ1) is 36.9. The van der Waals surface area contributed by atoms with Crippen LogP contribution in [-0.4, -0.2) is 29.4 Å². The highest BCUT2D eigenvalue weighted by Crippen LogP contribution is 2.46. The van der Waals surface area contributed by atoms with Crippen LogP contribution in [0.15, 0.2) is 36.4 Å². The molecule has 2 aromatic carbocycles. The van der Waals surface area contributed by atoms with E-state index in [0.717, 1.165) is 23.1 Å². The molecular formula is C33H34F9N3O3. The number of rotatable bonds is 8. The smallest absolute Gasteiger partial charge is 0.416 e. The summed E-state index contributed by atoms with van der Waals surface area (Å²) in [5.41, 5.74) is -4.79. The molecule has 0 spiro atoms. The number of carbonyl (C=O) groups is 2. The Morgan fingerprint density at radius 2 is 1.46 bits per heavy atom. The minimum absolute atomic E-state index is 0.0142. The van der Waals surface area contributed by atoms with E-state index in [9.17, 15) is 54.4 Å². The van der Waals surface area contributed by atoms with Crippen molar-refractivity contribution in [3.63, 3.8) is 0 Å². The van der Waals surface area contributed by atoms with Crippen molar-refractivity contribution in [2.45, 2.75) is 96.0 Å². The molecule has 2 aromatic rings. The third kappa shape index (κ3) is 8.36. The van der Waals surface area contributed by atoms with E-state index >= 15 is 0 Å². The molecule has 1 fully saturated rings. The zero-order valence-corrected chi connectivity index (χ0v) is 26.1. The van der Waals surface area contributed by atoms with Gasteiger partial charge < -0.3 is 9.64 Å². The van der Waals surface area contributed by atoms with Gasteiger partial charge in [-0.05, 0) is 98.9 Å². The molecule has 1 aliphatic heterocycles. The van der Waals surface area contributed by atoms with Crippen LogP contribution in [0, 0.1) is 23.3 Å². The normalized spacial score (nSPS) is 21.7. The van der Waals surface area contributed by atoms with Crippen molar-refractivity contribution in [3.05, 3.63) is 64.2 Å². The summed E-state index contributed by atoms with van der Waals surface area (Å²) in [4.78, 5) is 28.2. The van der Waals surface area contributed by atoms with Gasteiger partial charge in [0, 0.05) is 24.1 Å². The van der Waals surface area contributed by atoms with E-state index < -0.39 is 65.3 Å². The van der Waals surface area contributed by atoms with Crippen LogP contribution in [0.3, 0.4) is 0 Å². The molecule has 2 unspecified atom stereocenters. The van der Waals surface area contributed by atoms with Crippen LogP contribution >= 0.6 is 0 Å². The summed E-state index contributed by atoms with van der Waals surface area (Å²) in [6.07, 6.45) is -11.0. The lowest BCUT2D eigenvalue weighted by Crippen LogP contribution is -2.49. The van der Waals surface area contributed by atoms with Crippen LogP contribution < -0.4 is 4.90 Å². The van der Waals surface area contributed by atoms with Gasteiger partial charge >= 0.3 is 24.5 Å². The standard InChI is InChI=1S/C33H34F9N3O3/c1-3-25-16-28(44(18-43)17-20-11-23(32(37,38)39)14-24(12-20)33(40,41)42)26-15-22(31(34,35)36)9-10-27(26)45(25)30(47)21-7-5-19(6-8-21)13-29(46)48-4-2/h9-12,14-15,19,21,25,28H,3-8,13,16-17H2,1-2H3. The number of alkyl halides is 9. The van der Waals surface area contributed by atoms with Crippen molar-refractivity contribution in [1.82, 2.24) is 4.90 Å². The van der Waals surface area contributed by atoms with Crippen LogP contribution in [-0.2, 0) is 39.4 Å². The largest absolute Gasteiger partial charge is 0.466 e. The number of nitrogens with zero attached hydrogens (tertiary/aromatic N) is 3. The molecule has 2 aliphatic rings. The Morgan fingerprint density at radius 1 is 0.875 bits per heavy atom. The molecule has 1 aliphatic carbocycles. The molecule has 0 aromatic heterocycles. The number of amides is 1. The zero-order valence-electron chi connectivity index (χ0n) is 26.1. The summed E-state index contributed by atoms with van der Waals surface area (Å²) in [6.45, 7) is 2.90. The maximum absolute atomic E-state index is 14.0. The second kappa shape index (κ2) is 14.3. The Bertz CT molecular complexity index is 1490. The minimum atomic E-state index is -5.14. The number of benzene rings is 2. The second-order valence-corrected chi connectivity index (χ2v) is 12.2. The van der Waals surface area contributed by atoms with Crippen molar-refractivity contribution in [3.8, 4) is 6.19 Å². The number of carbonyl (C=O) groups excluding carboxylic acids is 2. The molecule has 0 saturated heterocycles. The van der Waals surface area contributed by atoms with Gasteiger partial charge in [-0.25, -0.2) is 0 Å². The van der Waals surface area contributed by atoms with Gasteiger partial charge in [0.1, 0.15) is 0 Å². The molecular weight excluding hydrogens is 657 g/mol. The van der Waals surface area contributed by atoms with Crippen molar-refractivity contribution in [2.24, 2.45) is 11.8 Å². The molecule has 2 atom stereocenters. The highest BCUT2D eigenvalue weighted by atomic mass is 19.4. The molecule has 262 valence electrons. The van der Waals surface area contributed by atoms with Crippen LogP contribution in [0.25, 0.3) is 0 Å². The molecule has 0 N–H and O–H groups in total. The summed E-state index contributed by atoms with van der Waals surface area (Å²) in [7, 11) is 0. The van der Waals surface area contributed by atoms with Crippen molar-refractivity contribution in [2.75, 3.05) is 11.5 Å². The first-order valence-electron chi connectivity index (χ1n) is 15.5. The fourth-order valence-corrected chi connectivity index (χ4v) is 6.64.